The number of carboxylic acid groups (broad SMARTS) is 2. The Morgan fingerprint density at radius 2 is 1.15 bits per heavy atom. The minimum absolute atomic E-state index is 0. The Labute approximate surface area is 315 Å². The van der Waals surface area contributed by atoms with E-state index in [0.717, 1.165) is 54.6 Å². The first-order valence-electron chi connectivity index (χ1n) is 15.2. The van der Waals surface area contributed by atoms with Crippen molar-refractivity contribution in [2.24, 2.45) is 0 Å². The van der Waals surface area contributed by atoms with Crippen LogP contribution in [-0.2, 0) is 41.5 Å². The summed E-state index contributed by atoms with van der Waals surface area (Å²) in [5.74, 6) is -11.6. The van der Waals surface area contributed by atoms with Crippen molar-refractivity contribution in [3.8, 4) is 46.0 Å². The van der Waals surface area contributed by atoms with Crippen LogP contribution in [-0.4, -0.2) is 94.9 Å². The molecule has 17 heteroatoms. The summed E-state index contributed by atoms with van der Waals surface area (Å²) in [5.41, 5.74) is 0.269. The number of hydrogen-bond acceptors (Lipinski definition) is 16. The smallest absolute Gasteiger partial charge is 0.546 e. The monoisotopic (exact) mass is 740 g/mol. The van der Waals surface area contributed by atoms with Crippen LogP contribution in [0.4, 0.5) is 0 Å². The van der Waals surface area contributed by atoms with E-state index in [1.807, 2.05) is 0 Å². The van der Waals surface area contributed by atoms with Gasteiger partial charge in [-0.05, 0) is 70.8 Å². The molecule has 0 saturated carbocycles. The molecule has 7 N–H and O–H groups in total. The van der Waals surface area contributed by atoms with Crippen LogP contribution in [0.5, 0.6) is 46.0 Å². The molecule has 1 aliphatic heterocycles. The molecule has 4 aromatic carbocycles. The van der Waals surface area contributed by atoms with Crippen molar-refractivity contribution in [1.82, 2.24) is 0 Å². The van der Waals surface area contributed by atoms with Crippen LogP contribution in [0.15, 0.2) is 72.8 Å². The van der Waals surface area contributed by atoms with Gasteiger partial charge in [0.05, 0.1) is 11.9 Å². The van der Waals surface area contributed by atoms with Crippen molar-refractivity contribution in [2.45, 2.75) is 37.1 Å². The van der Waals surface area contributed by atoms with Crippen molar-refractivity contribution < 1.29 is 79.3 Å². The predicted octanol–water partition coefficient (Wildman–Crippen LogP) is 0.284. The number of aromatic hydroxyl groups is 7. The third kappa shape index (κ3) is 8.94. The first-order valence-corrected chi connectivity index (χ1v) is 15.2. The molecule has 1 aliphatic rings. The molecule has 1 heterocycles. The SMILES string of the molecule is O=C(/C=C/c1ccc(O)c2c1[C@H](C(=O)O[C@@H](Cc1ccc(O)c(O)c1)C(=O)[O-])C(c1ccc(O)c(O)c1)O2)O[C@H](Cc1ccc(O)c(O)c1)C(=O)[O-].[Mg+2]. The summed E-state index contributed by atoms with van der Waals surface area (Å²) in [4.78, 5) is 50.6. The first kappa shape index (κ1) is 39.5. The summed E-state index contributed by atoms with van der Waals surface area (Å²) in [6.07, 6.45) is -4.31. The average Bonchev–Trinajstić information content (AvgIpc) is 3.50. The van der Waals surface area contributed by atoms with Gasteiger partial charge in [-0.1, -0.05) is 24.3 Å². The molecule has 0 amide bonds. The summed E-state index contributed by atoms with van der Waals surface area (Å²) in [6, 6.07) is 12.7. The molecule has 1 unspecified atom stereocenters. The van der Waals surface area contributed by atoms with Crippen LogP contribution in [0.25, 0.3) is 6.08 Å². The van der Waals surface area contributed by atoms with E-state index in [1.165, 1.54) is 24.3 Å². The number of benzene rings is 4. The predicted molar refractivity (Wildman–Crippen MR) is 176 cm³/mol. The Balaban J connectivity index is 0.00000627. The zero-order valence-electron chi connectivity index (χ0n) is 27.2. The van der Waals surface area contributed by atoms with Gasteiger partial charge in [-0.25, -0.2) is 4.79 Å². The van der Waals surface area contributed by atoms with Gasteiger partial charge in [-0.2, -0.15) is 0 Å². The fourth-order valence-electron chi connectivity index (χ4n) is 5.48. The number of fused-ring (bicyclic) bond motifs is 1. The molecule has 16 nitrogen and oxygen atoms in total. The fourth-order valence-corrected chi connectivity index (χ4v) is 5.48. The Morgan fingerprint density at radius 3 is 1.66 bits per heavy atom. The van der Waals surface area contributed by atoms with Crippen LogP contribution >= 0.6 is 0 Å². The minimum atomic E-state index is -1.96. The van der Waals surface area contributed by atoms with E-state index >= 15 is 0 Å². The van der Waals surface area contributed by atoms with Gasteiger partial charge in [-0.3, -0.25) is 4.79 Å². The van der Waals surface area contributed by atoms with Crippen molar-refractivity contribution in [2.75, 3.05) is 0 Å². The molecular weight excluding hydrogens is 713 g/mol. The van der Waals surface area contributed by atoms with Gasteiger partial charge in [0.2, 0.25) is 0 Å². The molecule has 0 bridgehead atoms. The van der Waals surface area contributed by atoms with Crippen molar-refractivity contribution in [1.29, 1.82) is 0 Å². The number of phenolic OH excluding ortho intramolecular Hbond substituents is 7. The van der Waals surface area contributed by atoms with E-state index in [0.29, 0.717) is 0 Å². The van der Waals surface area contributed by atoms with E-state index in [2.05, 4.69) is 0 Å². The van der Waals surface area contributed by atoms with E-state index in [9.17, 15) is 65.1 Å². The Hall–Kier alpha value is -6.33. The summed E-state index contributed by atoms with van der Waals surface area (Å²) < 4.78 is 16.3. The van der Waals surface area contributed by atoms with E-state index in [4.69, 9.17) is 14.2 Å². The molecule has 5 rings (SSSR count). The van der Waals surface area contributed by atoms with Crippen LogP contribution in [0, 0.1) is 0 Å². The molecular formula is C36H28MgO16. The molecule has 4 atom stereocenters. The molecule has 4 aromatic rings. The maximum absolute atomic E-state index is 13.9. The number of hydrogen-bond donors (Lipinski definition) is 7. The first-order chi connectivity index (χ1) is 24.6. The van der Waals surface area contributed by atoms with Gasteiger partial charge < -0.3 is 69.8 Å². The van der Waals surface area contributed by atoms with Gasteiger partial charge in [0, 0.05) is 24.5 Å². The van der Waals surface area contributed by atoms with Crippen molar-refractivity contribution in [3.05, 3.63) is 101 Å². The summed E-state index contributed by atoms with van der Waals surface area (Å²) in [7, 11) is 0. The molecule has 0 spiro atoms. The maximum Gasteiger partial charge on any atom is 2.00 e. The number of ether oxygens (including phenoxy) is 3. The number of rotatable bonds is 12. The number of phenols is 7. The van der Waals surface area contributed by atoms with Crippen LogP contribution < -0.4 is 14.9 Å². The second-order valence-corrected chi connectivity index (χ2v) is 11.6. The van der Waals surface area contributed by atoms with Crippen molar-refractivity contribution in [3.63, 3.8) is 0 Å². The standard InChI is InChI=1S/C36H30O16.Mg/c37-20-6-1-16(11-24(20)41)13-27(34(45)46)50-29(44)10-5-18-3-9-23(40)33-30(18)31(32(52-33)19-4-8-22(39)26(43)15-19)36(49)51-28(35(47)48)14-17-2-7-21(38)25(42)12-17;/h1-12,15,27-28,31-32,37-43H,13-14H2,(H,45,46)(H,47,48);/q;+2/p-2/b10-5+;/t27-,28+,31+,32?;/m1./s1. The molecule has 0 radical (unpaired) electrons. The second-order valence-electron chi connectivity index (χ2n) is 11.6. The summed E-state index contributed by atoms with van der Waals surface area (Å²) in [5, 5.41) is 93.3. The van der Waals surface area contributed by atoms with Crippen LogP contribution in [0.2, 0.25) is 0 Å². The van der Waals surface area contributed by atoms with Gasteiger partial charge in [0.15, 0.2) is 46.0 Å². The molecule has 53 heavy (non-hydrogen) atoms. The number of carboxylic acids is 2. The minimum Gasteiger partial charge on any atom is -0.546 e. The van der Waals surface area contributed by atoms with Gasteiger partial charge in [0.1, 0.15) is 24.2 Å². The zero-order valence-corrected chi connectivity index (χ0v) is 28.7. The molecule has 270 valence electrons. The third-order valence-electron chi connectivity index (χ3n) is 8.01. The largest absolute Gasteiger partial charge is 2.00 e. The Kier molecular flexibility index (Phi) is 12.2. The van der Waals surface area contributed by atoms with Crippen LogP contribution in [0.3, 0.4) is 0 Å². The molecule has 0 aliphatic carbocycles. The van der Waals surface area contributed by atoms with E-state index in [1.54, 1.807) is 0 Å². The van der Waals surface area contributed by atoms with E-state index in [-0.39, 0.29) is 56.6 Å². The molecule has 0 fully saturated rings. The Morgan fingerprint density at radius 1 is 0.660 bits per heavy atom. The summed E-state index contributed by atoms with van der Waals surface area (Å²) in [6.45, 7) is 0. The number of carbonyl (C=O) groups excluding carboxylic acids is 4. The summed E-state index contributed by atoms with van der Waals surface area (Å²) >= 11 is 0. The number of esters is 2. The van der Waals surface area contributed by atoms with Gasteiger partial charge in [0.25, 0.3) is 0 Å². The van der Waals surface area contributed by atoms with Gasteiger partial charge in [-0.15, -0.1) is 0 Å². The molecule has 0 saturated heterocycles. The fraction of sp³-hybridized carbons (Fsp3) is 0.167. The van der Waals surface area contributed by atoms with Crippen molar-refractivity contribution >= 4 is 53.0 Å². The number of carbonyl (C=O) groups is 4. The quantitative estimate of drug-likeness (QED) is 0.0444. The maximum atomic E-state index is 13.9. The topological polar surface area (TPSA) is 284 Å². The Bertz CT molecular complexity index is 2090. The average molecular weight is 741 g/mol. The molecule has 0 aromatic heterocycles. The third-order valence-corrected chi connectivity index (χ3v) is 8.01. The van der Waals surface area contributed by atoms with Gasteiger partial charge >= 0.3 is 35.0 Å². The van der Waals surface area contributed by atoms with Crippen LogP contribution in [0.1, 0.15) is 39.8 Å². The van der Waals surface area contributed by atoms with E-state index < -0.39 is 101 Å². The second kappa shape index (κ2) is 16.3. The normalized spacial score (nSPS) is 15.7. The zero-order chi connectivity index (χ0) is 37.9. The number of aliphatic carboxylic acids is 2.